The zero-order chi connectivity index (χ0) is 17.8. The second kappa shape index (κ2) is 7.56. The minimum Gasteiger partial charge on any atom is -0.331 e. The van der Waals surface area contributed by atoms with Gasteiger partial charge in [0.2, 0.25) is 17.8 Å². The molecule has 0 saturated carbocycles. The maximum atomic E-state index is 12.9. The van der Waals surface area contributed by atoms with Crippen molar-refractivity contribution in [1.29, 1.82) is 0 Å². The van der Waals surface area contributed by atoms with Crippen molar-refractivity contribution in [3.63, 3.8) is 0 Å². The molecular formula is C16H14F2N4O2S. The summed E-state index contributed by atoms with van der Waals surface area (Å²) >= 11 is 1.28. The van der Waals surface area contributed by atoms with Gasteiger partial charge in [0.15, 0.2) is 5.82 Å². The molecule has 1 aromatic heterocycles. The summed E-state index contributed by atoms with van der Waals surface area (Å²) in [7, 11) is 0. The monoisotopic (exact) mass is 364 g/mol. The van der Waals surface area contributed by atoms with Crippen LogP contribution in [0.5, 0.6) is 0 Å². The minimum atomic E-state index is -0.581. The number of hydrogen-bond donors (Lipinski definition) is 0. The second-order valence-corrected chi connectivity index (χ2v) is 6.35. The first kappa shape index (κ1) is 17.3. The SMILES string of the molecule is O=C(CSc1ccc(F)cc1)N1CCN(c2ncc(F)cn2)C(=O)C1. The number of anilines is 1. The summed E-state index contributed by atoms with van der Waals surface area (Å²) in [6, 6.07) is 5.86. The molecule has 0 N–H and O–H groups in total. The first-order valence-corrected chi connectivity index (χ1v) is 8.45. The lowest BCUT2D eigenvalue weighted by molar-refractivity contribution is -0.134. The Bertz CT molecular complexity index is 771. The third-order valence-corrected chi connectivity index (χ3v) is 4.59. The quantitative estimate of drug-likeness (QED) is 0.773. The molecule has 25 heavy (non-hydrogen) atoms. The van der Waals surface area contributed by atoms with Gasteiger partial charge in [-0.25, -0.2) is 18.7 Å². The number of carbonyl (C=O) groups excluding carboxylic acids is 2. The number of carbonyl (C=O) groups is 2. The molecule has 1 aliphatic heterocycles. The van der Waals surface area contributed by atoms with Crippen molar-refractivity contribution in [3.8, 4) is 0 Å². The van der Waals surface area contributed by atoms with Gasteiger partial charge in [-0.1, -0.05) is 0 Å². The van der Waals surface area contributed by atoms with Crippen molar-refractivity contribution in [2.75, 3.05) is 30.3 Å². The summed E-state index contributed by atoms with van der Waals surface area (Å²) in [4.78, 5) is 35.6. The highest BCUT2D eigenvalue weighted by Gasteiger charge is 2.29. The Hall–Kier alpha value is -2.55. The number of piperazine rings is 1. The summed E-state index contributed by atoms with van der Waals surface area (Å²) < 4.78 is 25.7. The molecule has 0 bridgehead atoms. The predicted octanol–water partition coefficient (Wildman–Crippen LogP) is 1.72. The molecule has 0 radical (unpaired) electrons. The molecule has 0 aliphatic carbocycles. The lowest BCUT2D eigenvalue weighted by Crippen LogP contribution is -2.53. The number of rotatable bonds is 4. The second-order valence-electron chi connectivity index (χ2n) is 5.30. The van der Waals surface area contributed by atoms with E-state index in [9.17, 15) is 18.4 Å². The van der Waals surface area contributed by atoms with Crippen LogP contribution in [0.25, 0.3) is 0 Å². The molecule has 2 heterocycles. The molecule has 0 atom stereocenters. The highest BCUT2D eigenvalue weighted by Crippen LogP contribution is 2.19. The van der Waals surface area contributed by atoms with E-state index in [1.807, 2.05) is 0 Å². The van der Waals surface area contributed by atoms with Crippen LogP contribution in [0.3, 0.4) is 0 Å². The average Bonchev–Trinajstić information content (AvgIpc) is 2.62. The molecule has 1 saturated heterocycles. The number of aromatic nitrogens is 2. The number of benzene rings is 1. The fourth-order valence-corrected chi connectivity index (χ4v) is 3.11. The van der Waals surface area contributed by atoms with Crippen molar-refractivity contribution >= 4 is 29.5 Å². The fraction of sp³-hybridized carbons (Fsp3) is 0.250. The van der Waals surface area contributed by atoms with Crippen molar-refractivity contribution in [3.05, 3.63) is 48.3 Å². The summed E-state index contributed by atoms with van der Waals surface area (Å²) in [6.45, 7) is 0.510. The molecule has 6 nitrogen and oxygen atoms in total. The lowest BCUT2D eigenvalue weighted by atomic mass is 10.3. The smallest absolute Gasteiger partial charge is 0.249 e. The van der Waals surface area contributed by atoms with Gasteiger partial charge < -0.3 is 4.90 Å². The maximum absolute atomic E-state index is 12.9. The van der Waals surface area contributed by atoms with Crippen LogP contribution in [-0.2, 0) is 9.59 Å². The van der Waals surface area contributed by atoms with Crippen LogP contribution in [0, 0.1) is 11.6 Å². The fourth-order valence-electron chi connectivity index (χ4n) is 2.31. The molecule has 0 spiro atoms. The van der Waals surface area contributed by atoms with Gasteiger partial charge in [-0.2, -0.15) is 0 Å². The maximum Gasteiger partial charge on any atom is 0.249 e. The van der Waals surface area contributed by atoms with Gasteiger partial charge in [0, 0.05) is 18.0 Å². The van der Waals surface area contributed by atoms with Crippen LogP contribution in [0.2, 0.25) is 0 Å². The Morgan fingerprint density at radius 1 is 1.08 bits per heavy atom. The normalized spacial score (nSPS) is 14.7. The zero-order valence-corrected chi connectivity index (χ0v) is 13.9. The highest BCUT2D eigenvalue weighted by atomic mass is 32.2. The van der Waals surface area contributed by atoms with E-state index in [1.54, 1.807) is 12.1 Å². The van der Waals surface area contributed by atoms with Gasteiger partial charge in [-0.15, -0.1) is 11.8 Å². The van der Waals surface area contributed by atoms with Crippen LogP contribution in [0.1, 0.15) is 0 Å². The zero-order valence-electron chi connectivity index (χ0n) is 13.1. The topological polar surface area (TPSA) is 66.4 Å². The molecule has 0 unspecified atom stereocenters. The van der Waals surface area contributed by atoms with Crippen LogP contribution in [0.15, 0.2) is 41.6 Å². The summed E-state index contributed by atoms with van der Waals surface area (Å²) in [5.74, 6) is -1.13. The molecule has 2 aromatic rings. The van der Waals surface area contributed by atoms with Crippen molar-refractivity contribution in [2.45, 2.75) is 4.90 Å². The third kappa shape index (κ3) is 4.30. The average molecular weight is 364 g/mol. The summed E-state index contributed by atoms with van der Waals surface area (Å²) in [5.41, 5.74) is 0. The highest BCUT2D eigenvalue weighted by molar-refractivity contribution is 8.00. The van der Waals surface area contributed by atoms with Crippen molar-refractivity contribution in [2.24, 2.45) is 0 Å². The van der Waals surface area contributed by atoms with E-state index in [0.717, 1.165) is 17.3 Å². The Morgan fingerprint density at radius 2 is 1.76 bits per heavy atom. The Morgan fingerprint density at radius 3 is 2.40 bits per heavy atom. The van der Waals surface area contributed by atoms with E-state index >= 15 is 0 Å². The Kier molecular flexibility index (Phi) is 5.22. The van der Waals surface area contributed by atoms with E-state index in [4.69, 9.17) is 0 Å². The molecule has 1 fully saturated rings. The van der Waals surface area contributed by atoms with Crippen LogP contribution >= 0.6 is 11.8 Å². The van der Waals surface area contributed by atoms with Gasteiger partial charge in [0.1, 0.15) is 12.4 Å². The van der Waals surface area contributed by atoms with Gasteiger partial charge in [-0.05, 0) is 24.3 Å². The number of thioether (sulfide) groups is 1. The Labute approximate surface area is 146 Å². The minimum absolute atomic E-state index is 0.0798. The van der Waals surface area contributed by atoms with E-state index in [0.29, 0.717) is 6.54 Å². The predicted molar refractivity (Wildman–Crippen MR) is 88.0 cm³/mol. The molecule has 1 aliphatic rings. The first-order chi connectivity index (χ1) is 12.0. The lowest BCUT2D eigenvalue weighted by Gasteiger charge is -2.32. The molecule has 3 rings (SSSR count). The molecule has 9 heteroatoms. The van der Waals surface area contributed by atoms with Gasteiger partial charge in [0.05, 0.1) is 18.1 Å². The number of halogens is 2. The summed E-state index contributed by atoms with van der Waals surface area (Å²) in [6.07, 6.45) is 1.99. The number of nitrogens with zero attached hydrogens (tertiary/aromatic N) is 4. The van der Waals surface area contributed by atoms with Gasteiger partial charge >= 0.3 is 0 Å². The number of hydrogen-bond acceptors (Lipinski definition) is 5. The van der Waals surface area contributed by atoms with Gasteiger partial charge in [-0.3, -0.25) is 14.5 Å². The van der Waals surface area contributed by atoms with Crippen LogP contribution in [-0.4, -0.2) is 52.1 Å². The first-order valence-electron chi connectivity index (χ1n) is 7.47. The Balaban J connectivity index is 1.55. The van der Waals surface area contributed by atoms with Crippen molar-refractivity contribution < 1.29 is 18.4 Å². The summed E-state index contributed by atoms with van der Waals surface area (Å²) in [5, 5.41) is 0. The van der Waals surface area contributed by atoms with Gasteiger partial charge in [0.25, 0.3) is 0 Å². The van der Waals surface area contributed by atoms with E-state index in [-0.39, 0.29) is 42.4 Å². The molecule has 2 amide bonds. The third-order valence-electron chi connectivity index (χ3n) is 3.60. The molecular weight excluding hydrogens is 350 g/mol. The van der Waals surface area contributed by atoms with Crippen LogP contribution < -0.4 is 4.90 Å². The molecule has 130 valence electrons. The van der Waals surface area contributed by atoms with Crippen molar-refractivity contribution in [1.82, 2.24) is 14.9 Å². The standard InChI is InChI=1S/C16H14F2N4O2S/c17-11-1-3-13(4-2-11)25-10-15(24)21-5-6-22(14(23)9-21)16-19-7-12(18)8-20-16/h1-4,7-8H,5-6,9-10H2. The van der Waals surface area contributed by atoms with Crippen LogP contribution in [0.4, 0.5) is 14.7 Å². The largest absolute Gasteiger partial charge is 0.331 e. The molecule has 1 aromatic carbocycles. The van der Waals surface area contributed by atoms with E-state index in [1.165, 1.54) is 33.7 Å². The van der Waals surface area contributed by atoms with E-state index < -0.39 is 5.82 Å². The van der Waals surface area contributed by atoms with E-state index in [2.05, 4.69) is 9.97 Å². The number of amides is 2.